The Hall–Kier alpha value is -1.54. The molecule has 0 saturated heterocycles. The number of hydrogen-bond acceptors (Lipinski definition) is 2. The first kappa shape index (κ1) is 10.6. The third-order valence-corrected chi connectivity index (χ3v) is 3.49. The van der Waals surface area contributed by atoms with Crippen LogP contribution in [0.1, 0.15) is 23.3 Å². The molecule has 0 saturated carbocycles. The van der Waals surface area contributed by atoms with Crippen LogP contribution in [0.3, 0.4) is 0 Å². The Morgan fingerprint density at radius 1 is 1.12 bits per heavy atom. The Morgan fingerprint density at radius 2 is 2.00 bits per heavy atom. The molecule has 1 heterocycles. The van der Waals surface area contributed by atoms with E-state index in [1.54, 1.807) is 6.26 Å². The third-order valence-electron chi connectivity index (χ3n) is 3.49. The van der Waals surface area contributed by atoms with E-state index in [0.717, 1.165) is 18.7 Å². The molecule has 1 aliphatic rings. The van der Waals surface area contributed by atoms with Gasteiger partial charge in [-0.3, -0.25) is 0 Å². The lowest BCUT2D eigenvalue weighted by Gasteiger charge is -2.25. The number of rotatable bonds is 3. The number of nitrogens with one attached hydrogen (secondary N) is 1. The molecule has 1 atom stereocenters. The zero-order valence-corrected chi connectivity index (χ0v) is 9.86. The lowest BCUT2D eigenvalue weighted by Crippen LogP contribution is -2.33. The molecule has 2 heteroatoms. The van der Waals surface area contributed by atoms with Crippen molar-refractivity contribution in [3.63, 3.8) is 0 Å². The maximum atomic E-state index is 5.33. The Kier molecular flexibility index (Phi) is 2.97. The summed E-state index contributed by atoms with van der Waals surface area (Å²) in [6, 6.07) is 13.3. The molecule has 88 valence electrons. The van der Waals surface area contributed by atoms with Gasteiger partial charge in [-0.25, -0.2) is 0 Å². The van der Waals surface area contributed by atoms with E-state index in [1.165, 1.54) is 24.0 Å². The molecule has 1 unspecified atom stereocenters. The van der Waals surface area contributed by atoms with E-state index in [2.05, 4.69) is 29.6 Å². The second-order valence-electron chi connectivity index (χ2n) is 4.67. The highest BCUT2D eigenvalue weighted by Crippen LogP contribution is 2.21. The van der Waals surface area contributed by atoms with Crippen molar-refractivity contribution in [2.24, 2.45) is 0 Å². The smallest absolute Gasteiger partial charge is 0.117 e. The minimum Gasteiger partial charge on any atom is -0.468 e. The summed E-state index contributed by atoms with van der Waals surface area (Å²) in [5, 5.41) is 3.57. The van der Waals surface area contributed by atoms with E-state index in [4.69, 9.17) is 4.42 Å². The quantitative estimate of drug-likeness (QED) is 0.872. The van der Waals surface area contributed by atoms with Gasteiger partial charge in [0.1, 0.15) is 5.76 Å². The highest BCUT2D eigenvalue weighted by molar-refractivity contribution is 5.30. The third kappa shape index (κ3) is 2.42. The molecule has 1 N–H and O–H groups in total. The van der Waals surface area contributed by atoms with Gasteiger partial charge in [0.25, 0.3) is 0 Å². The van der Waals surface area contributed by atoms with Gasteiger partial charge in [-0.05, 0) is 42.5 Å². The van der Waals surface area contributed by atoms with Crippen molar-refractivity contribution in [2.45, 2.75) is 31.8 Å². The van der Waals surface area contributed by atoms with Gasteiger partial charge in [0.15, 0.2) is 0 Å². The lowest BCUT2D eigenvalue weighted by atomic mass is 9.88. The summed E-state index contributed by atoms with van der Waals surface area (Å²) in [6.45, 7) is 0.833. The van der Waals surface area contributed by atoms with Gasteiger partial charge in [-0.2, -0.15) is 0 Å². The number of furan rings is 1. The summed E-state index contributed by atoms with van der Waals surface area (Å²) < 4.78 is 5.33. The molecule has 1 aromatic heterocycles. The zero-order chi connectivity index (χ0) is 11.5. The minimum absolute atomic E-state index is 0.579. The van der Waals surface area contributed by atoms with Gasteiger partial charge in [0, 0.05) is 6.04 Å². The number of aryl methyl sites for hydroxylation is 1. The van der Waals surface area contributed by atoms with Crippen LogP contribution < -0.4 is 5.32 Å². The second-order valence-corrected chi connectivity index (χ2v) is 4.67. The molecule has 1 aromatic carbocycles. The molecule has 3 rings (SSSR count). The topological polar surface area (TPSA) is 25.2 Å². The molecule has 17 heavy (non-hydrogen) atoms. The van der Waals surface area contributed by atoms with Crippen LogP contribution in [0.25, 0.3) is 0 Å². The van der Waals surface area contributed by atoms with Gasteiger partial charge in [0.05, 0.1) is 12.8 Å². The first-order valence-electron chi connectivity index (χ1n) is 6.24. The van der Waals surface area contributed by atoms with Crippen LogP contribution in [0.2, 0.25) is 0 Å². The SMILES string of the molecule is c1coc(CNC2CCc3ccccc3C2)c1. The van der Waals surface area contributed by atoms with Crippen LogP contribution in [0.5, 0.6) is 0 Å². The van der Waals surface area contributed by atoms with Gasteiger partial charge in [-0.15, -0.1) is 0 Å². The largest absolute Gasteiger partial charge is 0.468 e. The van der Waals surface area contributed by atoms with Crippen LogP contribution in [0.4, 0.5) is 0 Å². The fourth-order valence-corrected chi connectivity index (χ4v) is 2.53. The van der Waals surface area contributed by atoms with Crippen LogP contribution >= 0.6 is 0 Å². The highest BCUT2D eigenvalue weighted by atomic mass is 16.3. The van der Waals surface area contributed by atoms with Crippen LogP contribution in [-0.2, 0) is 19.4 Å². The normalized spacial score (nSPS) is 18.9. The molecule has 0 fully saturated rings. The summed E-state index contributed by atoms with van der Waals surface area (Å²) in [5.41, 5.74) is 3.01. The molecule has 0 radical (unpaired) electrons. The molecule has 0 amide bonds. The number of fused-ring (bicyclic) bond motifs is 1. The highest BCUT2D eigenvalue weighted by Gasteiger charge is 2.17. The molecular weight excluding hydrogens is 210 g/mol. The standard InChI is InChI=1S/C15H17NO/c1-2-5-13-10-14(8-7-12(13)4-1)16-11-15-6-3-9-17-15/h1-6,9,14,16H,7-8,10-11H2. The van der Waals surface area contributed by atoms with Crippen LogP contribution in [0, 0.1) is 0 Å². The van der Waals surface area contributed by atoms with Gasteiger partial charge < -0.3 is 9.73 Å². The summed E-state index contributed by atoms with van der Waals surface area (Å²) in [5.74, 6) is 1.02. The molecule has 2 nitrogen and oxygen atoms in total. The van der Waals surface area contributed by atoms with E-state index >= 15 is 0 Å². The number of benzene rings is 1. The summed E-state index contributed by atoms with van der Waals surface area (Å²) in [7, 11) is 0. The average Bonchev–Trinajstić information content (AvgIpc) is 2.89. The molecular formula is C15H17NO. The monoisotopic (exact) mass is 227 g/mol. The predicted octanol–water partition coefficient (Wildman–Crippen LogP) is 2.93. The van der Waals surface area contributed by atoms with Crippen LogP contribution in [-0.4, -0.2) is 6.04 Å². The fraction of sp³-hybridized carbons (Fsp3) is 0.333. The predicted molar refractivity (Wildman–Crippen MR) is 67.8 cm³/mol. The second kappa shape index (κ2) is 4.76. The van der Waals surface area contributed by atoms with E-state index in [9.17, 15) is 0 Å². The molecule has 1 aliphatic carbocycles. The van der Waals surface area contributed by atoms with Crippen LogP contribution in [0.15, 0.2) is 47.1 Å². The van der Waals surface area contributed by atoms with Crippen molar-refractivity contribution in [2.75, 3.05) is 0 Å². The molecule has 2 aromatic rings. The average molecular weight is 227 g/mol. The van der Waals surface area contributed by atoms with Gasteiger partial charge in [0.2, 0.25) is 0 Å². The molecule has 0 bridgehead atoms. The maximum Gasteiger partial charge on any atom is 0.117 e. The Bertz CT molecular complexity index is 475. The summed E-state index contributed by atoms with van der Waals surface area (Å²) in [6.07, 6.45) is 5.27. The van der Waals surface area contributed by atoms with Crippen molar-refractivity contribution in [3.05, 3.63) is 59.5 Å². The Balaban J connectivity index is 1.61. The van der Waals surface area contributed by atoms with Crippen molar-refractivity contribution in [1.82, 2.24) is 5.32 Å². The van der Waals surface area contributed by atoms with E-state index in [-0.39, 0.29) is 0 Å². The lowest BCUT2D eigenvalue weighted by molar-refractivity contribution is 0.416. The minimum atomic E-state index is 0.579. The van der Waals surface area contributed by atoms with Crippen molar-refractivity contribution in [1.29, 1.82) is 0 Å². The van der Waals surface area contributed by atoms with Gasteiger partial charge in [-0.1, -0.05) is 24.3 Å². The van der Waals surface area contributed by atoms with E-state index in [0.29, 0.717) is 6.04 Å². The Labute approximate surface area is 102 Å². The summed E-state index contributed by atoms with van der Waals surface area (Å²) in [4.78, 5) is 0. The maximum absolute atomic E-state index is 5.33. The molecule has 0 aliphatic heterocycles. The zero-order valence-electron chi connectivity index (χ0n) is 9.86. The number of hydrogen-bond donors (Lipinski definition) is 1. The Morgan fingerprint density at radius 3 is 2.82 bits per heavy atom. The van der Waals surface area contributed by atoms with Crippen molar-refractivity contribution >= 4 is 0 Å². The molecule has 0 spiro atoms. The van der Waals surface area contributed by atoms with Crippen molar-refractivity contribution in [3.8, 4) is 0 Å². The fourth-order valence-electron chi connectivity index (χ4n) is 2.53. The van der Waals surface area contributed by atoms with Gasteiger partial charge >= 0.3 is 0 Å². The van der Waals surface area contributed by atoms with E-state index in [1.807, 2.05) is 12.1 Å². The summed E-state index contributed by atoms with van der Waals surface area (Å²) >= 11 is 0. The first-order chi connectivity index (χ1) is 8.42. The van der Waals surface area contributed by atoms with Crippen molar-refractivity contribution < 1.29 is 4.42 Å². The van der Waals surface area contributed by atoms with E-state index < -0.39 is 0 Å². The first-order valence-corrected chi connectivity index (χ1v) is 6.24.